The number of terminal acetylenes is 1. The number of para-hydroxylation sites is 1. The molecule has 2 nitrogen and oxygen atoms in total. The minimum Gasteiger partial charge on any atom is -0.479 e. The smallest absolute Gasteiger partial charge is 0.148 e. The minimum absolute atomic E-state index is 0.199. The third-order valence-corrected chi connectivity index (χ3v) is 1.65. The van der Waals surface area contributed by atoms with Gasteiger partial charge in [0.15, 0.2) is 0 Å². The second-order valence-corrected chi connectivity index (χ2v) is 2.55. The summed E-state index contributed by atoms with van der Waals surface area (Å²) in [6.07, 6.45) is 5.02. The highest BCUT2D eigenvalue weighted by molar-refractivity contribution is 6.33. The summed E-state index contributed by atoms with van der Waals surface area (Å²) in [7, 11) is 0. The Bertz CT molecular complexity index is 317. The van der Waals surface area contributed by atoms with Gasteiger partial charge < -0.3 is 10.5 Å². The van der Waals surface area contributed by atoms with E-state index in [4.69, 9.17) is 28.5 Å². The van der Waals surface area contributed by atoms with Crippen LogP contribution in [0.2, 0.25) is 5.02 Å². The molecule has 3 heteroatoms. The second kappa shape index (κ2) is 3.89. The van der Waals surface area contributed by atoms with Crippen LogP contribution in [0.5, 0.6) is 5.75 Å². The van der Waals surface area contributed by atoms with E-state index in [1.165, 1.54) is 0 Å². The topological polar surface area (TPSA) is 35.2 Å². The molecule has 0 heterocycles. The first-order valence-electron chi connectivity index (χ1n) is 3.36. The van der Waals surface area contributed by atoms with Crippen molar-refractivity contribution < 1.29 is 4.74 Å². The van der Waals surface area contributed by atoms with Crippen LogP contribution in [-0.4, -0.2) is 6.61 Å². The van der Waals surface area contributed by atoms with Crippen LogP contribution in [0.15, 0.2) is 18.2 Å². The number of rotatable bonds is 2. The van der Waals surface area contributed by atoms with Gasteiger partial charge in [0.05, 0.1) is 10.7 Å². The highest BCUT2D eigenvalue weighted by atomic mass is 35.5. The maximum atomic E-state index is 5.74. The van der Waals surface area contributed by atoms with Gasteiger partial charge in [-0.25, -0.2) is 0 Å². The minimum atomic E-state index is 0.199. The Labute approximate surface area is 76.3 Å². The van der Waals surface area contributed by atoms with E-state index in [0.29, 0.717) is 16.5 Å². The summed E-state index contributed by atoms with van der Waals surface area (Å²) in [5.74, 6) is 2.87. The van der Waals surface area contributed by atoms with Crippen LogP contribution in [-0.2, 0) is 0 Å². The Morgan fingerprint density at radius 2 is 2.33 bits per heavy atom. The van der Waals surface area contributed by atoms with E-state index in [1.54, 1.807) is 18.2 Å². The Morgan fingerprint density at radius 3 is 3.00 bits per heavy atom. The maximum absolute atomic E-state index is 5.74. The largest absolute Gasteiger partial charge is 0.479 e. The average molecular weight is 182 g/mol. The molecule has 0 atom stereocenters. The lowest BCUT2D eigenvalue weighted by molar-refractivity contribution is 0.372. The number of benzene rings is 1. The molecule has 1 aromatic carbocycles. The van der Waals surface area contributed by atoms with Crippen molar-refractivity contribution in [3.63, 3.8) is 0 Å². The van der Waals surface area contributed by atoms with E-state index in [9.17, 15) is 0 Å². The van der Waals surface area contributed by atoms with Crippen molar-refractivity contribution in [1.29, 1.82) is 0 Å². The molecule has 0 bridgehead atoms. The highest BCUT2D eigenvalue weighted by Crippen LogP contribution is 2.28. The van der Waals surface area contributed by atoms with E-state index in [2.05, 4.69) is 5.92 Å². The first-order valence-corrected chi connectivity index (χ1v) is 3.73. The lowest BCUT2D eigenvalue weighted by Gasteiger charge is -2.06. The molecule has 0 spiro atoms. The van der Waals surface area contributed by atoms with Gasteiger partial charge >= 0.3 is 0 Å². The molecule has 0 radical (unpaired) electrons. The zero-order valence-electron chi connectivity index (χ0n) is 6.38. The fourth-order valence-corrected chi connectivity index (χ4v) is 0.928. The summed E-state index contributed by atoms with van der Waals surface area (Å²) >= 11 is 5.74. The zero-order valence-corrected chi connectivity index (χ0v) is 7.14. The van der Waals surface area contributed by atoms with Crippen molar-refractivity contribution in [2.24, 2.45) is 0 Å². The van der Waals surface area contributed by atoms with Crippen molar-refractivity contribution in [1.82, 2.24) is 0 Å². The Balaban J connectivity index is 2.86. The van der Waals surface area contributed by atoms with Crippen molar-refractivity contribution in [2.75, 3.05) is 12.3 Å². The number of anilines is 1. The van der Waals surface area contributed by atoms with Crippen molar-refractivity contribution in [2.45, 2.75) is 0 Å². The number of nitrogens with two attached hydrogens (primary N) is 1. The molecule has 0 unspecified atom stereocenters. The van der Waals surface area contributed by atoms with Crippen LogP contribution in [0.3, 0.4) is 0 Å². The number of hydrogen-bond donors (Lipinski definition) is 1. The van der Waals surface area contributed by atoms with Crippen LogP contribution >= 0.6 is 11.6 Å². The van der Waals surface area contributed by atoms with Gasteiger partial charge in [-0.1, -0.05) is 23.6 Å². The van der Waals surface area contributed by atoms with Crippen LogP contribution in [0.25, 0.3) is 0 Å². The third-order valence-electron chi connectivity index (χ3n) is 1.32. The molecule has 0 aliphatic rings. The SMILES string of the molecule is C#CCOc1cccc(Cl)c1N. The van der Waals surface area contributed by atoms with Crippen LogP contribution < -0.4 is 10.5 Å². The van der Waals surface area contributed by atoms with Crippen LogP contribution in [0.1, 0.15) is 0 Å². The molecular weight excluding hydrogens is 174 g/mol. The molecule has 12 heavy (non-hydrogen) atoms. The van der Waals surface area contributed by atoms with Gasteiger partial charge in [-0.15, -0.1) is 6.42 Å². The van der Waals surface area contributed by atoms with Gasteiger partial charge in [0.2, 0.25) is 0 Å². The lowest BCUT2D eigenvalue weighted by Crippen LogP contribution is -1.97. The zero-order chi connectivity index (χ0) is 8.97. The Morgan fingerprint density at radius 1 is 1.58 bits per heavy atom. The number of nitrogen functional groups attached to an aromatic ring is 1. The van der Waals surface area contributed by atoms with Gasteiger partial charge in [0.1, 0.15) is 12.4 Å². The number of hydrogen-bond acceptors (Lipinski definition) is 2. The lowest BCUT2D eigenvalue weighted by atomic mass is 10.3. The van der Waals surface area contributed by atoms with E-state index in [0.717, 1.165) is 0 Å². The fourth-order valence-electron chi connectivity index (χ4n) is 0.763. The Hall–Kier alpha value is -1.33. The molecule has 0 aliphatic heterocycles. The molecule has 2 N–H and O–H groups in total. The van der Waals surface area contributed by atoms with Crippen molar-refractivity contribution >= 4 is 17.3 Å². The molecule has 0 aliphatic carbocycles. The van der Waals surface area contributed by atoms with E-state index in [-0.39, 0.29) is 6.61 Å². The standard InChI is InChI=1S/C9H8ClNO/c1-2-6-12-8-5-3-4-7(10)9(8)11/h1,3-5H,6,11H2. The summed E-state index contributed by atoms with van der Waals surface area (Å²) in [6, 6.07) is 5.17. The third kappa shape index (κ3) is 1.84. The molecule has 0 aromatic heterocycles. The van der Waals surface area contributed by atoms with Crippen molar-refractivity contribution in [3.8, 4) is 18.1 Å². The molecular formula is C9H8ClNO. The average Bonchev–Trinajstić information content (AvgIpc) is 2.08. The summed E-state index contributed by atoms with van der Waals surface area (Å²) in [4.78, 5) is 0. The number of halogens is 1. The van der Waals surface area contributed by atoms with Crippen molar-refractivity contribution in [3.05, 3.63) is 23.2 Å². The van der Waals surface area contributed by atoms with E-state index >= 15 is 0 Å². The quantitative estimate of drug-likeness (QED) is 0.559. The predicted molar refractivity (Wildman–Crippen MR) is 50.2 cm³/mol. The first kappa shape index (κ1) is 8.76. The summed E-state index contributed by atoms with van der Waals surface area (Å²) < 4.78 is 5.12. The summed E-state index contributed by atoms with van der Waals surface area (Å²) in [6.45, 7) is 0.199. The first-order chi connectivity index (χ1) is 5.75. The van der Waals surface area contributed by atoms with Gasteiger partial charge in [-0.05, 0) is 12.1 Å². The highest BCUT2D eigenvalue weighted by Gasteiger charge is 2.01. The predicted octanol–water partition coefficient (Wildman–Crippen LogP) is 1.93. The van der Waals surface area contributed by atoms with Gasteiger partial charge in [0.25, 0.3) is 0 Å². The van der Waals surface area contributed by atoms with Crippen LogP contribution in [0, 0.1) is 12.3 Å². The monoisotopic (exact) mass is 181 g/mol. The normalized spacial score (nSPS) is 9.00. The molecule has 1 rings (SSSR count). The molecule has 0 saturated carbocycles. The van der Waals surface area contributed by atoms with Gasteiger partial charge in [-0.2, -0.15) is 0 Å². The molecule has 0 amide bonds. The van der Waals surface area contributed by atoms with Crippen LogP contribution in [0.4, 0.5) is 5.69 Å². The van der Waals surface area contributed by atoms with E-state index < -0.39 is 0 Å². The summed E-state index contributed by atoms with van der Waals surface area (Å²) in [5.41, 5.74) is 6.02. The Kier molecular flexibility index (Phi) is 2.84. The maximum Gasteiger partial charge on any atom is 0.148 e. The molecule has 0 fully saturated rings. The van der Waals surface area contributed by atoms with Gasteiger partial charge in [-0.3, -0.25) is 0 Å². The second-order valence-electron chi connectivity index (χ2n) is 2.14. The van der Waals surface area contributed by atoms with Gasteiger partial charge in [0, 0.05) is 0 Å². The number of ether oxygens (including phenoxy) is 1. The molecule has 62 valence electrons. The molecule has 0 saturated heterocycles. The summed E-state index contributed by atoms with van der Waals surface area (Å²) in [5, 5.41) is 0.476. The van der Waals surface area contributed by atoms with E-state index in [1.807, 2.05) is 0 Å². The fraction of sp³-hybridized carbons (Fsp3) is 0.111. The molecule has 1 aromatic rings.